The zero-order valence-electron chi connectivity index (χ0n) is 11.1. The van der Waals surface area contributed by atoms with E-state index in [-0.39, 0.29) is 11.6 Å². The van der Waals surface area contributed by atoms with Crippen LogP contribution >= 0.6 is 0 Å². The highest BCUT2D eigenvalue weighted by Gasteiger charge is 2.35. The topological polar surface area (TPSA) is 46.9 Å². The number of aldehydes is 1. The number of hydrogen-bond acceptors (Lipinski definition) is 3. The van der Waals surface area contributed by atoms with E-state index in [0.717, 1.165) is 18.5 Å². The van der Waals surface area contributed by atoms with Gasteiger partial charge in [0.2, 0.25) is 0 Å². The van der Waals surface area contributed by atoms with Gasteiger partial charge in [0.05, 0.1) is 23.3 Å². The van der Waals surface area contributed by atoms with Gasteiger partial charge in [-0.1, -0.05) is 30.3 Å². The second kappa shape index (κ2) is 4.23. The van der Waals surface area contributed by atoms with Crippen molar-refractivity contribution in [3.63, 3.8) is 0 Å². The Balaban J connectivity index is 2.04. The van der Waals surface area contributed by atoms with Crippen LogP contribution in [0.5, 0.6) is 0 Å². The molecule has 0 bridgehead atoms. The van der Waals surface area contributed by atoms with E-state index in [1.165, 1.54) is 5.56 Å². The van der Waals surface area contributed by atoms with Crippen molar-refractivity contribution in [2.75, 3.05) is 5.32 Å². The van der Waals surface area contributed by atoms with Gasteiger partial charge in [-0.05, 0) is 25.8 Å². The van der Waals surface area contributed by atoms with E-state index < -0.39 is 0 Å². The molecule has 4 heteroatoms. The zero-order chi connectivity index (χ0) is 13.5. The molecule has 2 aromatic rings. The molecule has 1 N–H and O–H groups in total. The lowest BCUT2D eigenvalue weighted by Crippen LogP contribution is -2.38. The Morgan fingerprint density at radius 3 is 2.79 bits per heavy atom. The Labute approximate surface area is 112 Å². The molecule has 1 aliphatic rings. The van der Waals surface area contributed by atoms with Gasteiger partial charge in [-0.2, -0.15) is 5.10 Å². The average molecular weight is 255 g/mol. The number of hydrogen-bond donors (Lipinski definition) is 1. The van der Waals surface area contributed by atoms with Crippen LogP contribution in [0.2, 0.25) is 0 Å². The second-order valence-corrected chi connectivity index (χ2v) is 5.60. The van der Waals surface area contributed by atoms with Gasteiger partial charge in [-0.3, -0.25) is 4.79 Å². The summed E-state index contributed by atoms with van der Waals surface area (Å²) in [4.78, 5) is 11.1. The van der Waals surface area contributed by atoms with Crippen LogP contribution in [0.15, 0.2) is 36.5 Å². The zero-order valence-corrected chi connectivity index (χ0v) is 11.1. The summed E-state index contributed by atoms with van der Waals surface area (Å²) in [5.74, 6) is 0.820. The van der Waals surface area contributed by atoms with E-state index in [4.69, 9.17) is 0 Å². The second-order valence-electron chi connectivity index (χ2n) is 5.60. The van der Waals surface area contributed by atoms with E-state index in [0.29, 0.717) is 5.56 Å². The van der Waals surface area contributed by atoms with Gasteiger partial charge in [-0.15, -0.1) is 0 Å². The Bertz CT molecular complexity index is 601. The smallest absolute Gasteiger partial charge is 0.155 e. The Morgan fingerprint density at radius 2 is 2.11 bits per heavy atom. The molecule has 1 aliphatic heterocycles. The quantitative estimate of drug-likeness (QED) is 0.839. The van der Waals surface area contributed by atoms with Crippen LogP contribution in [0.25, 0.3) is 0 Å². The van der Waals surface area contributed by atoms with E-state index in [9.17, 15) is 4.79 Å². The van der Waals surface area contributed by atoms with Gasteiger partial charge >= 0.3 is 0 Å². The van der Waals surface area contributed by atoms with Gasteiger partial charge in [0.1, 0.15) is 5.82 Å². The number of fused-ring (bicyclic) bond motifs is 1. The number of carbonyl (C=O) groups is 1. The van der Waals surface area contributed by atoms with E-state index in [2.05, 4.69) is 36.4 Å². The molecule has 0 saturated carbocycles. The van der Waals surface area contributed by atoms with Crippen LogP contribution < -0.4 is 5.32 Å². The maximum atomic E-state index is 11.1. The van der Waals surface area contributed by atoms with Crippen molar-refractivity contribution in [3.8, 4) is 0 Å². The number of nitrogens with zero attached hydrogens (tertiary/aromatic N) is 2. The van der Waals surface area contributed by atoms with E-state index >= 15 is 0 Å². The predicted molar refractivity (Wildman–Crippen MR) is 74.4 cm³/mol. The minimum atomic E-state index is -0.109. The van der Waals surface area contributed by atoms with Crippen molar-refractivity contribution in [3.05, 3.63) is 47.7 Å². The number of nitrogens with one attached hydrogen (secondary N) is 1. The maximum Gasteiger partial charge on any atom is 0.155 e. The lowest BCUT2D eigenvalue weighted by Gasteiger charge is -2.38. The summed E-state index contributed by atoms with van der Waals surface area (Å²) in [6, 6.07) is 10.5. The molecule has 1 aromatic carbocycles. The average Bonchev–Trinajstić information content (AvgIpc) is 2.83. The molecule has 4 nitrogen and oxygen atoms in total. The molecular weight excluding hydrogens is 238 g/mol. The van der Waals surface area contributed by atoms with Crippen LogP contribution in [0.4, 0.5) is 5.82 Å². The van der Waals surface area contributed by atoms with Crippen molar-refractivity contribution in [1.29, 1.82) is 0 Å². The van der Waals surface area contributed by atoms with Crippen LogP contribution in [0.3, 0.4) is 0 Å². The Morgan fingerprint density at radius 1 is 1.37 bits per heavy atom. The molecule has 0 saturated heterocycles. The number of aromatic nitrogens is 2. The number of carbonyl (C=O) groups excluding carboxylic acids is 1. The van der Waals surface area contributed by atoms with Gasteiger partial charge in [0.25, 0.3) is 0 Å². The largest absolute Gasteiger partial charge is 0.363 e. The summed E-state index contributed by atoms with van der Waals surface area (Å²) < 4.78 is 1.91. The molecule has 3 rings (SSSR count). The van der Waals surface area contributed by atoms with Crippen LogP contribution in [-0.4, -0.2) is 16.1 Å². The third-order valence-electron chi connectivity index (χ3n) is 3.71. The van der Waals surface area contributed by atoms with Crippen molar-refractivity contribution in [2.45, 2.75) is 31.8 Å². The van der Waals surface area contributed by atoms with E-state index in [1.54, 1.807) is 6.20 Å². The highest BCUT2D eigenvalue weighted by Crippen LogP contribution is 2.39. The number of rotatable bonds is 2. The van der Waals surface area contributed by atoms with Crippen LogP contribution in [0, 0.1) is 0 Å². The lowest BCUT2D eigenvalue weighted by atomic mass is 9.89. The Hall–Kier alpha value is -2.10. The molecule has 0 amide bonds. The SMILES string of the molecule is CC1(C)C[C@H](c2ccccc2)Nc2c(C=O)cnn21. The fraction of sp³-hybridized carbons (Fsp3) is 0.333. The van der Waals surface area contributed by atoms with Gasteiger partial charge in [0, 0.05) is 0 Å². The molecule has 1 atom stereocenters. The summed E-state index contributed by atoms with van der Waals surface area (Å²) >= 11 is 0. The summed E-state index contributed by atoms with van der Waals surface area (Å²) in [5.41, 5.74) is 1.75. The molecule has 0 unspecified atom stereocenters. The fourth-order valence-electron chi connectivity index (χ4n) is 2.74. The fourth-order valence-corrected chi connectivity index (χ4v) is 2.74. The molecule has 1 aromatic heterocycles. The van der Waals surface area contributed by atoms with Gasteiger partial charge in [-0.25, -0.2) is 4.68 Å². The van der Waals surface area contributed by atoms with E-state index in [1.807, 2.05) is 22.9 Å². The maximum absolute atomic E-state index is 11.1. The third kappa shape index (κ3) is 1.93. The molecule has 0 fully saturated rings. The summed E-state index contributed by atoms with van der Waals surface area (Å²) in [7, 11) is 0. The molecule has 0 spiro atoms. The summed E-state index contributed by atoms with van der Waals surface area (Å²) in [6.45, 7) is 4.30. The molecule has 19 heavy (non-hydrogen) atoms. The molecule has 98 valence electrons. The van der Waals surface area contributed by atoms with Crippen LogP contribution in [-0.2, 0) is 5.54 Å². The van der Waals surface area contributed by atoms with Crippen molar-refractivity contribution in [1.82, 2.24) is 9.78 Å². The third-order valence-corrected chi connectivity index (χ3v) is 3.71. The highest BCUT2D eigenvalue weighted by molar-refractivity contribution is 5.82. The number of benzene rings is 1. The predicted octanol–water partition coefficient (Wildman–Crippen LogP) is 2.99. The first-order valence-electron chi connectivity index (χ1n) is 6.47. The first-order valence-corrected chi connectivity index (χ1v) is 6.47. The summed E-state index contributed by atoms with van der Waals surface area (Å²) in [5, 5.41) is 7.77. The van der Waals surface area contributed by atoms with Crippen molar-refractivity contribution >= 4 is 12.1 Å². The minimum Gasteiger partial charge on any atom is -0.363 e. The normalized spacial score (nSPS) is 20.4. The first-order chi connectivity index (χ1) is 9.12. The molecule has 0 radical (unpaired) electrons. The lowest BCUT2D eigenvalue weighted by molar-refractivity contribution is 0.112. The monoisotopic (exact) mass is 255 g/mol. The number of anilines is 1. The first kappa shape index (κ1) is 12.0. The molecule has 0 aliphatic carbocycles. The molecule has 2 heterocycles. The van der Waals surface area contributed by atoms with Gasteiger partial charge in [0.15, 0.2) is 6.29 Å². The van der Waals surface area contributed by atoms with Crippen LogP contribution in [0.1, 0.15) is 42.2 Å². The Kier molecular flexibility index (Phi) is 2.66. The standard InChI is InChI=1S/C15H17N3O/c1-15(2)8-13(11-6-4-3-5-7-11)17-14-12(10-19)9-16-18(14)15/h3-7,9-10,13,17H,8H2,1-2H3/t13-/m1/s1. The minimum absolute atomic E-state index is 0.109. The molecular formula is C15H17N3O. The highest BCUT2D eigenvalue weighted by atomic mass is 16.1. The van der Waals surface area contributed by atoms with Crippen molar-refractivity contribution < 1.29 is 4.79 Å². The van der Waals surface area contributed by atoms with Gasteiger partial charge < -0.3 is 5.32 Å². The summed E-state index contributed by atoms with van der Waals surface area (Å²) in [6.07, 6.45) is 3.42. The van der Waals surface area contributed by atoms with Crippen molar-refractivity contribution in [2.24, 2.45) is 0 Å².